The number of carboxylic acids is 1. The zero-order valence-corrected chi connectivity index (χ0v) is 10.7. The van der Waals surface area contributed by atoms with Crippen LogP contribution in [0.2, 0.25) is 0 Å². The Morgan fingerprint density at radius 1 is 1.14 bits per heavy atom. The van der Waals surface area contributed by atoms with Crippen LogP contribution in [0.5, 0.6) is 0 Å². The van der Waals surface area contributed by atoms with E-state index in [0.717, 1.165) is 0 Å². The first-order valence-electron chi connectivity index (χ1n) is 5.82. The van der Waals surface area contributed by atoms with Crippen LogP contribution in [0.1, 0.15) is 15.9 Å². The molecule has 0 aromatic heterocycles. The van der Waals surface area contributed by atoms with Crippen LogP contribution in [0.15, 0.2) is 24.3 Å². The molecular weight excluding hydrogens is 293 g/mol. The highest BCUT2D eigenvalue weighted by atomic mass is 19.4. The van der Waals surface area contributed by atoms with Crippen LogP contribution in [0, 0.1) is 0 Å². The van der Waals surface area contributed by atoms with Crippen molar-refractivity contribution in [1.29, 1.82) is 0 Å². The van der Waals surface area contributed by atoms with Gasteiger partial charge in [0.1, 0.15) is 0 Å². The molecule has 0 aliphatic heterocycles. The summed E-state index contributed by atoms with van der Waals surface area (Å²) in [6, 6.07) is 5.17. The van der Waals surface area contributed by atoms with Crippen LogP contribution in [0.3, 0.4) is 0 Å². The molecule has 21 heavy (non-hydrogen) atoms. The highest BCUT2D eigenvalue weighted by molar-refractivity contribution is 5.87. The number of alkyl halides is 3. The lowest BCUT2D eigenvalue weighted by molar-refractivity contribution is -0.323. The van der Waals surface area contributed by atoms with E-state index in [1.54, 1.807) is 0 Å². The monoisotopic (exact) mass is 306 g/mol. The maximum Gasteiger partial charge on any atom is 0.522 e. The number of urea groups is 1. The van der Waals surface area contributed by atoms with Crippen molar-refractivity contribution in [2.45, 2.75) is 12.9 Å². The van der Waals surface area contributed by atoms with E-state index in [4.69, 9.17) is 5.11 Å². The van der Waals surface area contributed by atoms with Gasteiger partial charge in [0.05, 0.1) is 12.2 Å². The minimum absolute atomic E-state index is 0.117. The van der Waals surface area contributed by atoms with Crippen LogP contribution in [-0.4, -0.2) is 36.6 Å². The van der Waals surface area contributed by atoms with Gasteiger partial charge < -0.3 is 15.7 Å². The molecule has 2 amide bonds. The Balaban J connectivity index is 2.25. The predicted octanol–water partition coefficient (Wildman–Crippen LogP) is 1.72. The number of carbonyl (C=O) groups is 2. The third-order valence-corrected chi connectivity index (χ3v) is 2.31. The molecule has 116 valence electrons. The van der Waals surface area contributed by atoms with Crippen molar-refractivity contribution in [3.8, 4) is 0 Å². The van der Waals surface area contributed by atoms with Gasteiger partial charge >= 0.3 is 18.4 Å². The van der Waals surface area contributed by atoms with E-state index in [1.807, 2.05) is 0 Å². The van der Waals surface area contributed by atoms with E-state index in [1.165, 1.54) is 24.3 Å². The van der Waals surface area contributed by atoms with Gasteiger partial charge in [-0.1, -0.05) is 12.1 Å². The van der Waals surface area contributed by atoms with E-state index in [9.17, 15) is 22.8 Å². The molecule has 0 spiro atoms. The van der Waals surface area contributed by atoms with Crippen molar-refractivity contribution in [2.75, 3.05) is 13.2 Å². The number of halogens is 3. The second kappa shape index (κ2) is 7.48. The van der Waals surface area contributed by atoms with Gasteiger partial charge in [-0.2, -0.15) is 0 Å². The Bertz CT molecular complexity index is 488. The summed E-state index contributed by atoms with van der Waals surface area (Å²) >= 11 is 0. The summed E-state index contributed by atoms with van der Waals surface area (Å²) in [5.41, 5.74) is 0.772. The molecule has 1 aromatic carbocycles. The van der Waals surface area contributed by atoms with Crippen molar-refractivity contribution in [3.63, 3.8) is 0 Å². The third kappa shape index (κ3) is 7.16. The first kappa shape index (κ1) is 16.8. The summed E-state index contributed by atoms with van der Waals surface area (Å²) in [7, 11) is 0. The number of hydrogen-bond donors (Lipinski definition) is 3. The summed E-state index contributed by atoms with van der Waals surface area (Å²) in [5, 5.41) is 13.3. The number of amides is 2. The average Bonchev–Trinajstić information content (AvgIpc) is 2.41. The van der Waals surface area contributed by atoms with Gasteiger partial charge in [0, 0.05) is 13.1 Å². The van der Waals surface area contributed by atoms with Gasteiger partial charge in [-0.15, -0.1) is 13.2 Å². The molecule has 0 aliphatic rings. The van der Waals surface area contributed by atoms with Crippen LogP contribution >= 0.6 is 0 Å². The lowest BCUT2D eigenvalue weighted by atomic mass is 10.1. The summed E-state index contributed by atoms with van der Waals surface area (Å²) in [6.07, 6.45) is -4.72. The fourth-order valence-corrected chi connectivity index (χ4v) is 1.34. The molecule has 1 aromatic rings. The topological polar surface area (TPSA) is 87.7 Å². The number of carbonyl (C=O) groups excluding carboxylic acids is 1. The molecular formula is C12H13F3N2O4. The van der Waals surface area contributed by atoms with Gasteiger partial charge in [-0.05, 0) is 17.7 Å². The Kier molecular flexibility index (Phi) is 5.97. The Morgan fingerprint density at radius 2 is 1.76 bits per heavy atom. The van der Waals surface area contributed by atoms with Gasteiger partial charge in [0.15, 0.2) is 0 Å². The molecule has 0 aliphatic carbocycles. The SMILES string of the molecule is O=C(NCCOC(F)(F)F)NCc1ccc(C(=O)O)cc1. The van der Waals surface area contributed by atoms with Crippen molar-refractivity contribution in [2.24, 2.45) is 0 Å². The van der Waals surface area contributed by atoms with Gasteiger partial charge in [0.2, 0.25) is 0 Å². The van der Waals surface area contributed by atoms with E-state index < -0.39 is 25.0 Å². The summed E-state index contributed by atoms with van der Waals surface area (Å²) in [6.45, 7) is -0.848. The largest absolute Gasteiger partial charge is 0.522 e. The molecule has 6 nitrogen and oxygen atoms in total. The minimum Gasteiger partial charge on any atom is -0.478 e. The molecule has 0 atom stereocenters. The van der Waals surface area contributed by atoms with Gasteiger partial charge in [-0.3, -0.25) is 4.74 Å². The molecule has 0 saturated heterocycles. The summed E-state index contributed by atoms with van der Waals surface area (Å²) in [5.74, 6) is -1.06. The zero-order chi connectivity index (χ0) is 15.9. The molecule has 0 heterocycles. The maximum atomic E-state index is 11.6. The Hall–Kier alpha value is -2.29. The van der Waals surface area contributed by atoms with Gasteiger partial charge in [0.25, 0.3) is 0 Å². The third-order valence-electron chi connectivity index (χ3n) is 2.31. The first-order valence-corrected chi connectivity index (χ1v) is 5.82. The molecule has 0 radical (unpaired) electrons. The summed E-state index contributed by atoms with van der Waals surface area (Å²) in [4.78, 5) is 21.9. The number of ether oxygens (including phenoxy) is 1. The van der Waals surface area contributed by atoms with Gasteiger partial charge in [-0.25, -0.2) is 9.59 Å². The second-order valence-electron chi connectivity index (χ2n) is 3.91. The number of aromatic carboxylic acids is 1. The molecule has 0 fully saturated rings. The first-order chi connectivity index (χ1) is 9.78. The fourth-order valence-electron chi connectivity index (χ4n) is 1.34. The molecule has 3 N–H and O–H groups in total. The van der Waals surface area contributed by atoms with E-state index in [0.29, 0.717) is 5.56 Å². The van der Waals surface area contributed by atoms with Crippen LogP contribution in [0.4, 0.5) is 18.0 Å². The van der Waals surface area contributed by atoms with Crippen LogP contribution in [0.25, 0.3) is 0 Å². The van der Waals surface area contributed by atoms with Crippen molar-refractivity contribution in [3.05, 3.63) is 35.4 Å². The zero-order valence-electron chi connectivity index (χ0n) is 10.7. The number of nitrogens with one attached hydrogen (secondary N) is 2. The quantitative estimate of drug-likeness (QED) is 0.698. The lowest BCUT2D eigenvalue weighted by Gasteiger charge is -2.09. The predicted molar refractivity (Wildman–Crippen MR) is 65.6 cm³/mol. The highest BCUT2D eigenvalue weighted by Crippen LogP contribution is 2.15. The van der Waals surface area contributed by atoms with Crippen LogP contribution in [-0.2, 0) is 11.3 Å². The lowest BCUT2D eigenvalue weighted by Crippen LogP contribution is -2.37. The van der Waals surface area contributed by atoms with E-state index >= 15 is 0 Å². The van der Waals surface area contributed by atoms with E-state index in [2.05, 4.69) is 15.4 Å². The summed E-state index contributed by atoms with van der Waals surface area (Å²) < 4.78 is 38.4. The normalized spacial score (nSPS) is 11.0. The van der Waals surface area contributed by atoms with Crippen molar-refractivity contribution in [1.82, 2.24) is 10.6 Å². The number of carboxylic acid groups (broad SMARTS) is 1. The molecule has 0 saturated carbocycles. The standard InChI is InChI=1S/C12H13F3N2O4/c13-12(14,15)21-6-5-16-11(20)17-7-8-1-3-9(4-2-8)10(18)19/h1-4H,5-7H2,(H,18,19)(H2,16,17,20). The fraction of sp³-hybridized carbons (Fsp3) is 0.333. The Morgan fingerprint density at radius 3 is 2.29 bits per heavy atom. The number of rotatable bonds is 6. The Labute approximate surface area is 117 Å². The van der Waals surface area contributed by atoms with Crippen molar-refractivity contribution < 1.29 is 32.6 Å². The maximum absolute atomic E-state index is 11.6. The molecule has 0 bridgehead atoms. The minimum atomic E-state index is -4.72. The van der Waals surface area contributed by atoms with Crippen LogP contribution < -0.4 is 10.6 Å². The van der Waals surface area contributed by atoms with Crippen molar-refractivity contribution >= 4 is 12.0 Å². The smallest absolute Gasteiger partial charge is 0.478 e. The molecule has 0 unspecified atom stereocenters. The average molecular weight is 306 g/mol. The van der Waals surface area contributed by atoms with E-state index in [-0.39, 0.29) is 18.7 Å². The second-order valence-corrected chi connectivity index (χ2v) is 3.91. The number of benzene rings is 1. The molecule has 1 rings (SSSR count). The molecule has 9 heteroatoms. The highest BCUT2D eigenvalue weighted by Gasteiger charge is 2.28. The number of hydrogen-bond acceptors (Lipinski definition) is 3.